The first-order chi connectivity index (χ1) is 50.7. The summed E-state index contributed by atoms with van der Waals surface area (Å²) in [5, 5.41) is 10.7. The highest BCUT2D eigenvalue weighted by molar-refractivity contribution is 7.47. The third-order valence-corrected chi connectivity index (χ3v) is 19.4. The van der Waals surface area contributed by atoms with Crippen molar-refractivity contribution in [3.8, 4) is 0 Å². The van der Waals surface area contributed by atoms with E-state index in [1.54, 1.807) is 0 Å². The van der Waals surface area contributed by atoms with Crippen molar-refractivity contribution in [3.63, 3.8) is 0 Å². The van der Waals surface area contributed by atoms with Crippen LogP contribution >= 0.6 is 15.6 Å². The van der Waals surface area contributed by atoms with Gasteiger partial charge in [0.1, 0.15) is 19.3 Å². The lowest BCUT2D eigenvalue weighted by molar-refractivity contribution is -0.161. The first-order valence-electron chi connectivity index (χ1n) is 41.5. The molecule has 0 aliphatic carbocycles. The van der Waals surface area contributed by atoms with Crippen molar-refractivity contribution >= 4 is 39.5 Å². The third-order valence-electron chi connectivity index (χ3n) is 17.5. The summed E-state index contributed by atoms with van der Waals surface area (Å²) in [6.45, 7) is 4.71. The number of phosphoric ester groups is 2. The van der Waals surface area contributed by atoms with Crippen LogP contribution in [0.25, 0.3) is 0 Å². The molecular weight excluding hydrogens is 1350 g/mol. The maximum atomic E-state index is 13.1. The summed E-state index contributed by atoms with van der Waals surface area (Å²) in [6.07, 6.45) is 82.5. The van der Waals surface area contributed by atoms with Crippen molar-refractivity contribution in [2.24, 2.45) is 0 Å². The Morgan fingerprint density at radius 2 is 0.519 bits per heavy atom. The summed E-state index contributed by atoms with van der Waals surface area (Å²) in [5.74, 6) is -2.26. The first-order valence-corrected chi connectivity index (χ1v) is 44.5. The molecule has 0 spiro atoms. The lowest BCUT2D eigenvalue weighted by atomic mass is 10.0. The molecule has 2 unspecified atom stereocenters. The lowest BCUT2D eigenvalue weighted by Crippen LogP contribution is -2.30. The molecule has 602 valence electrons. The molecule has 0 aromatic rings. The van der Waals surface area contributed by atoms with E-state index in [-0.39, 0.29) is 25.7 Å². The highest BCUT2D eigenvalue weighted by Crippen LogP contribution is 2.45. The molecule has 0 saturated carbocycles. The van der Waals surface area contributed by atoms with Crippen LogP contribution in [-0.2, 0) is 65.4 Å². The molecule has 104 heavy (non-hydrogen) atoms. The molecule has 0 bridgehead atoms. The van der Waals surface area contributed by atoms with Crippen LogP contribution in [0.3, 0.4) is 0 Å². The molecule has 0 aromatic heterocycles. The average molecular weight is 1510 g/mol. The van der Waals surface area contributed by atoms with Gasteiger partial charge in [0.05, 0.1) is 26.4 Å². The molecule has 0 heterocycles. The molecular formula is C85H150O17P2. The fourth-order valence-electron chi connectivity index (χ4n) is 11.2. The zero-order chi connectivity index (χ0) is 76.0. The van der Waals surface area contributed by atoms with Crippen molar-refractivity contribution in [3.05, 3.63) is 97.2 Å². The van der Waals surface area contributed by atoms with Crippen LogP contribution in [0, 0.1) is 0 Å². The number of rotatable bonds is 78. The fraction of sp³-hybridized carbons (Fsp3) is 0.765. The van der Waals surface area contributed by atoms with Crippen molar-refractivity contribution < 1.29 is 80.2 Å². The summed E-state index contributed by atoms with van der Waals surface area (Å²) in [4.78, 5) is 73.1. The minimum absolute atomic E-state index is 0.0303. The summed E-state index contributed by atoms with van der Waals surface area (Å²) in [7, 11) is -9.98. The monoisotopic (exact) mass is 1510 g/mol. The topological polar surface area (TPSA) is 237 Å². The summed E-state index contributed by atoms with van der Waals surface area (Å²) in [6, 6.07) is 0. The Balaban J connectivity index is 5.42. The van der Waals surface area contributed by atoms with Crippen molar-refractivity contribution in [1.29, 1.82) is 0 Å². The minimum atomic E-state index is -5.00. The number of unbranched alkanes of at least 4 members (excludes halogenated alkanes) is 36. The summed E-state index contributed by atoms with van der Waals surface area (Å²) < 4.78 is 68.6. The standard InChI is InChI=1S/C85H150O17P2/c1-5-9-13-17-21-25-29-33-37-38-39-40-44-48-52-56-60-64-68-72-85(90)102-81(76-96-83(88)70-66-62-58-54-50-46-42-35-31-27-23-19-15-11-7-3)78-100-104(93,94)98-74-79(86)73-97-103(91,92)99-77-80(101-84(89)71-67-63-59-55-51-47-43-36-32-28-24-20-16-12-8-4)75-95-82(87)69-65-61-57-53-49-45-41-34-30-26-22-18-14-10-6-2/h9,13,21,25,27,31,33-34,37,39-41,48,52,60,64,79-81,86H,5-8,10-12,14-20,22-24,26,28-30,32,35-36,38,42-47,49-51,53-59,61-63,65-78H2,1-4H3,(H,91,92)(H,93,94)/b13-9-,25-21-,31-27-,37-33-,40-39-,41-34-,52-48-,64-60-/t79-,80-,81-/m1/s1. The van der Waals surface area contributed by atoms with Gasteiger partial charge in [0.2, 0.25) is 0 Å². The number of aliphatic hydroxyl groups excluding tert-OH is 1. The Bertz CT molecular complexity index is 2350. The number of esters is 4. The zero-order valence-corrected chi connectivity index (χ0v) is 67.7. The van der Waals surface area contributed by atoms with Crippen molar-refractivity contribution in [1.82, 2.24) is 0 Å². The molecule has 0 fully saturated rings. The van der Waals surface area contributed by atoms with Gasteiger partial charge in [0.25, 0.3) is 0 Å². The Morgan fingerprint density at radius 3 is 0.837 bits per heavy atom. The molecule has 5 atom stereocenters. The smallest absolute Gasteiger partial charge is 0.462 e. The van der Waals surface area contributed by atoms with Crippen molar-refractivity contribution in [2.45, 2.75) is 380 Å². The van der Waals surface area contributed by atoms with Gasteiger partial charge in [-0.2, -0.15) is 0 Å². The van der Waals surface area contributed by atoms with Crippen LogP contribution in [0.15, 0.2) is 97.2 Å². The van der Waals surface area contributed by atoms with E-state index < -0.39 is 97.5 Å². The van der Waals surface area contributed by atoms with Crippen LogP contribution in [0.2, 0.25) is 0 Å². The molecule has 19 heteroatoms. The highest BCUT2D eigenvalue weighted by atomic mass is 31.2. The Hall–Kier alpha value is -4.02. The fourth-order valence-corrected chi connectivity index (χ4v) is 12.8. The predicted molar refractivity (Wildman–Crippen MR) is 427 cm³/mol. The van der Waals surface area contributed by atoms with E-state index in [4.69, 9.17) is 37.0 Å². The van der Waals surface area contributed by atoms with Gasteiger partial charge in [-0.3, -0.25) is 37.3 Å². The van der Waals surface area contributed by atoms with E-state index in [0.717, 1.165) is 135 Å². The third kappa shape index (κ3) is 76.2. The predicted octanol–water partition coefficient (Wildman–Crippen LogP) is 24.3. The Morgan fingerprint density at radius 1 is 0.279 bits per heavy atom. The van der Waals surface area contributed by atoms with Gasteiger partial charge in [-0.25, -0.2) is 9.13 Å². The van der Waals surface area contributed by atoms with Gasteiger partial charge in [-0.15, -0.1) is 0 Å². The number of carbonyl (C=O) groups excluding carboxylic acids is 4. The molecule has 0 aliphatic rings. The molecule has 17 nitrogen and oxygen atoms in total. The largest absolute Gasteiger partial charge is 0.472 e. The Labute approximate surface area is 633 Å². The minimum Gasteiger partial charge on any atom is -0.462 e. The quantitative estimate of drug-likeness (QED) is 0.0169. The average Bonchev–Trinajstić information content (AvgIpc) is 0.943. The number of allylic oxidation sites excluding steroid dienone is 16. The number of hydrogen-bond donors (Lipinski definition) is 3. The van der Waals surface area contributed by atoms with Crippen LogP contribution in [0.5, 0.6) is 0 Å². The lowest BCUT2D eigenvalue weighted by Gasteiger charge is -2.21. The summed E-state index contributed by atoms with van der Waals surface area (Å²) in [5.41, 5.74) is 0. The number of carbonyl (C=O) groups is 4. The number of phosphoric acid groups is 2. The van der Waals surface area contributed by atoms with Gasteiger partial charge in [0.15, 0.2) is 12.2 Å². The second-order valence-corrected chi connectivity index (χ2v) is 30.6. The van der Waals surface area contributed by atoms with Crippen molar-refractivity contribution in [2.75, 3.05) is 39.6 Å². The molecule has 0 radical (unpaired) electrons. The maximum Gasteiger partial charge on any atom is 0.472 e. The zero-order valence-electron chi connectivity index (χ0n) is 65.9. The van der Waals surface area contributed by atoms with Crippen LogP contribution < -0.4 is 0 Å². The number of aliphatic hydroxyl groups is 1. The van der Waals surface area contributed by atoms with Gasteiger partial charge in [-0.05, 0) is 116 Å². The van der Waals surface area contributed by atoms with E-state index in [9.17, 15) is 43.2 Å². The maximum absolute atomic E-state index is 13.1. The van der Waals surface area contributed by atoms with E-state index in [1.807, 2.05) is 18.2 Å². The van der Waals surface area contributed by atoms with Crippen LogP contribution in [0.1, 0.15) is 362 Å². The highest BCUT2D eigenvalue weighted by Gasteiger charge is 2.30. The molecule has 0 aromatic carbocycles. The second-order valence-electron chi connectivity index (χ2n) is 27.7. The second kappa shape index (κ2) is 77.1. The van der Waals surface area contributed by atoms with E-state index in [0.29, 0.717) is 32.1 Å². The molecule has 0 saturated heterocycles. The van der Waals surface area contributed by atoms with Gasteiger partial charge < -0.3 is 33.8 Å². The number of ether oxygens (including phenoxy) is 4. The van der Waals surface area contributed by atoms with Gasteiger partial charge in [0, 0.05) is 25.7 Å². The first kappa shape index (κ1) is 100.0. The molecule has 0 amide bonds. The molecule has 0 aliphatic heterocycles. The normalized spacial score (nSPS) is 14.3. The number of hydrogen-bond acceptors (Lipinski definition) is 15. The van der Waals surface area contributed by atoms with E-state index in [2.05, 4.69) is 107 Å². The van der Waals surface area contributed by atoms with Crippen LogP contribution in [-0.4, -0.2) is 96.7 Å². The van der Waals surface area contributed by atoms with E-state index >= 15 is 0 Å². The van der Waals surface area contributed by atoms with E-state index in [1.165, 1.54) is 141 Å². The molecule has 3 N–H and O–H groups in total. The SMILES string of the molecule is CC/C=C\C/C=C\C/C=C\C/C=C\C/C=C\C/C=C\CCC(=O)O[C@H](COC(=O)CCCCCCCCC/C=C\CCCCCC)COP(=O)(O)OC[C@H](O)COP(=O)(O)OC[C@@H](COC(=O)CCCCCCC/C=C\CCCCCCCC)OC(=O)CCCCCCCCCCCCCCCCC. The van der Waals surface area contributed by atoms with Crippen LogP contribution in [0.4, 0.5) is 0 Å². The van der Waals surface area contributed by atoms with Gasteiger partial charge >= 0.3 is 39.5 Å². The Kier molecular flexibility index (Phi) is 74.2. The summed E-state index contributed by atoms with van der Waals surface area (Å²) >= 11 is 0. The van der Waals surface area contributed by atoms with Gasteiger partial charge in [-0.1, -0.05) is 318 Å². The molecule has 0 rings (SSSR count).